The van der Waals surface area contributed by atoms with Crippen molar-refractivity contribution in [3.63, 3.8) is 0 Å². The smallest absolute Gasteiger partial charge is 0.213 e. The van der Waals surface area contributed by atoms with Crippen molar-refractivity contribution in [3.8, 4) is 11.6 Å². The monoisotopic (exact) mass is 412 g/mol. The van der Waals surface area contributed by atoms with E-state index in [-0.39, 0.29) is 11.5 Å². The molecule has 0 aliphatic heterocycles. The second-order valence-corrected chi connectivity index (χ2v) is 9.80. The average Bonchev–Trinajstić information content (AvgIpc) is 2.71. The Labute approximate surface area is 183 Å². The largest absolute Gasteiger partial charge is 0.491 e. The predicted molar refractivity (Wildman–Crippen MR) is 124 cm³/mol. The topological polar surface area (TPSA) is 44.2 Å². The van der Waals surface area contributed by atoms with Crippen molar-refractivity contribution in [2.45, 2.75) is 92.1 Å². The minimum absolute atomic E-state index is 0.148. The highest BCUT2D eigenvalue weighted by Crippen LogP contribution is 2.24. The van der Waals surface area contributed by atoms with Crippen LogP contribution in [0.1, 0.15) is 97.4 Å². The summed E-state index contributed by atoms with van der Waals surface area (Å²) in [6.45, 7) is 15.9. The second kappa shape index (κ2) is 11.3. The summed E-state index contributed by atoms with van der Waals surface area (Å²) in [6, 6.07) is 10.2. The quantitative estimate of drug-likeness (QED) is 0.393. The van der Waals surface area contributed by atoms with Gasteiger partial charge < -0.3 is 9.47 Å². The van der Waals surface area contributed by atoms with Gasteiger partial charge in [0.05, 0.1) is 12.8 Å². The maximum absolute atomic E-state index is 6.17. The number of aromatic nitrogens is 2. The lowest BCUT2D eigenvalue weighted by molar-refractivity contribution is 0.174. The van der Waals surface area contributed by atoms with Crippen LogP contribution in [0.4, 0.5) is 0 Å². The van der Waals surface area contributed by atoms with Gasteiger partial charge in [0.1, 0.15) is 11.9 Å². The third-order valence-electron chi connectivity index (χ3n) is 5.18. The molecule has 4 nitrogen and oxygen atoms in total. The van der Waals surface area contributed by atoms with Crippen LogP contribution in [0.15, 0.2) is 36.5 Å². The molecular weight excluding hydrogens is 372 g/mol. The van der Waals surface area contributed by atoms with E-state index < -0.39 is 0 Å². The third kappa shape index (κ3) is 8.33. The van der Waals surface area contributed by atoms with E-state index in [2.05, 4.69) is 70.6 Å². The molecule has 2 unspecified atom stereocenters. The van der Waals surface area contributed by atoms with Crippen molar-refractivity contribution in [1.29, 1.82) is 0 Å². The van der Waals surface area contributed by atoms with Gasteiger partial charge >= 0.3 is 0 Å². The van der Waals surface area contributed by atoms with Gasteiger partial charge in [-0.15, -0.1) is 0 Å². The van der Waals surface area contributed by atoms with Crippen LogP contribution >= 0.6 is 0 Å². The lowest BCUT2D eigenvalue weighted by Gasteiger charge is -2.20. The Balaban J connectivity index is 1.80. The number of hydrogen-bond acceptors (Lipinski definition) is 4. The molecule has 2 aromatic rings. The second-order valence-electron chi connectivity index (χ2n) is 9.80. The third-order valence-corrected chi connectivity index (χ3v) is 5.18. The lowest BCUT2D eigenvalue weighted by atomic mass is 9.98. The number of hydrogen-bond donors (Lipinski definition) is 0. The Morgan fingerprint density at radius 3 is 2.33 bits per heavy atom. The molecule has 166 valence electrons. The van der Waals surface area contributed by atoms with Crippen molar-refractivity contribution in [1.82, 2.24) is 9.97 Å². The summed E-state index contributed by atoms with van der Waals surface area (Å²) in [5, 5.41) is 0. The molecule has 0 aromatic carbocycles. The highest BCUT2D eigenvalue weighted by molar-refractivity contribution is 5.21. The number of nitrogens with zero attached hydrogens (tertiary/aromatic N) is 2. The summed E-state index contributed by atoms with van der Waals surface area (Å²) in [4.78, 5) is 9.27. The molecule has 2 atom stereocenters. The molecule has 0 bridgehead atoms. The summed E-state index contributed by atoms with van der Waals surface area (Å²) >= 11 is 0. The Hall–Kier alpha value is -2.10. The maximum atomic E-state index is 6.17. The van der Waals surface area contributed by atoms with Gasteiger partial charge in [0.2, 0.25) is 5.88 Å². The lowest BCUT2D eigenvalue weighted by Crippen LogP contribution is -2.17. The average molecular weight is 413 g/mol. The van der Waals surface area contributed by atoms with Crippen LogP contribution in [0.3, 0.4) is 0 Å². The summed E-state index contributed by atoms with van der Waals surface area (Å²) in [6.07, 6.45) is 6.26. The molecule has 0 radical (unpaired) electrons. The van der Waals surface area contributed by atoms with E-state index in [1.165, 1.54) is 0 Å². The number of pyridine rings is 2. The van der Waals surface area contributed by atoms with E-state index in [9.17, 15) is 0 Å². The van der Waals surface area contributed by atoms with Crippen molar-refractivity contribution >= 4 is 0 Å². The van der Waals surface area contributed by atoms with Gasteiger partial charge in [-0.2, -0.15) is 0 Å². The minimum atomic E-state index is 0.148. The van der Waals surface area contributed by atoms with Gasteiger partial charge in [0.25, 0.3) is 0 Å². The summed E-state index contributed by atoms with van der Waals surface area (Å²) in [5.41, 5.74) is 2.35. The van der Waals surface area contributed by atoms with Crippen molar-refractivity contribution in [3.05, 3.63) is 47.9 Å². The molecule has 0 aliphatic rings. The molecule has 0 aliphatic carbocycles. The summed E-state index contributed by atoms with van der Waals surface area (Å²) in [7, 11) is 0. The van der Waals surface area contributed by atoms with Gasteiger partial charge in [-0.05, 0) is 61.1 Å². The first-order chi connectivity index (χ1) is 14.2. The molecule has 0 N–H and O–H groups in total. The number of rotatable bonds is 11. The molecule has 30 heavy (non-hydrogen) atoms. The van der Waals surface area contributed by atoms with Gasteiger partial charge in [-0.25, -0.2) is 4.98 Å². The molecule has 4 heteroatoms. The van der Waals surface area contributed by atoms with Gasteiger partial charge in [0.15, 0.2) is 0 Å². The van der Waals surface area contributed by atoms with Crippen LogP contribution in [0, 0.1) is 5.41 Å². The van der Waals surface area contributed by atoms with Crippen LogP contribution in [-0.4, -0.2) is 22.7 Å². The Kier molecular flexibility index (Phi) is 9.13. The molecular formula is C26H40N2O2. The zero-order chi connectivity index (χ0) is 22.1. The standard InChI is InChI=1S/C26H40N2O2/c1-8-21(30-25-14-10-13-23(28-25)19(2)3)12-9-11-20(4)24-16-15-22(17-27-24)29-18-26(5,6)7/h10,13-17,19-21H,8-9,11-12,18H2,1-7H3. The molecule has 2 aromatic heterocycles. The first kappa shape index (κ1) is 24.2. The number of ether oxygens (including phenoxy) is 2. The Morgan fingerprint density at radius 2 is 1.73 bits per heavy atom. The first-order valence-electron chi connectivity index (χ1n) is 11.4. The van der Waals surface area contributed by atoms with Crippen molar-refractivity contribution in [2.75, 3.05) is 6.61 Å². The molecule has 2 heterocycles. The SMILES string of the molecule is CCC(CCCC(C)c1ccc(OCC(C)(C)C)cn1)Oc1cccc(C(C)C)n1. The van der Waals surface area contributed by atoms with Crippen molar-refractivity contribution < 1.29 is 9.47 Å². The van der Waals surface area contributed by atoms with E-state index in [1.54, 1.807) is 0 Å². The zero-order valence-corrected chi connectivity index (χ0v) is 19.9. The van der Waals surface area contributed by atoms with Crippen LogP contribution in [0.25, 0.3) is 0 Å². The van der Waals surface area contributed by atoms with Gasteiger partial charge in [-0.3, -0.25) is 4.98 Å². The van der Waals surface area contributed by atoms with Crippen LogP contribution in [0.5, 0.6) is 11.6 Å². The summed E-state index contributed by atoms with van der Waals surface area (Å²) in [5.74, 6) is 2.42. The fraction of sp³-hybridized carbons (Fsp3) is 0.615. The van der Waals surface area contributed by atoms with Crippen LogP contribution in [-0.2, 0) is 0 Å². The fourth-order valence-electron chi connectivity index (χ4n) is 3.20. The van der Waals surface area contributed by atoms with Crippen molar-refractivity contribution in [2.24, 2.45) is 5.41 Å². The minimum Gasteiger partial charge on any atom is -0.491 e. The first-order valence-corrected chi connectivity index (χ1v) is 11.4. The normalized spacial score (nSPS) is 13.9. The fourth-order valence-corrected chi connectivity index (χ4v) is 3.20. The van der Waals surface area contributed by atoms with Gasteiger partial charge in [0, 0.05) is 17.5 Å². The Morgan fingerprint density at radius 1 is 0.967 bits per heavy atom. The molecule has 2 rings (SSSR count). The molecule has 0 amide bonds. The van der Waals surface area contributed by atoms with E-state index in [0.717, 1.165) is 48.7 Å². The molecule has 0 saturated carbocycles. The molecule has 0 saturated heterocycles. The van der Waals surface area contributed by atoms with E-state index in [4.69, 9.17) is 9.47 Å². The molecule has 0 fully saturated rings. The van der Waals surface area contributed by atoms with E-state index in [1.807, 2.05) is 24.4 Å². The zero-order valence-electron chi connectivity index (χ0n) is 19.9. The van der Waals surface area contributed by atoms with Crippen LogP contribution < -0.4 is 9.47 Å². The van der Waals surface area contributed by atoms with E-state index >= 15 is 0 Å². The van der Waals surface area contributed by atoms with Crippen LogP contribution in [0.2, 0.25) is 0 Å². The highest BCUT2D eigenvalue weighted by atomic mass is 16.5. The van der Waals surface area contributed by atoms with Gasteiger partial charge in [-0.1, -0.05) is 54.5 Å². The Bertz CT molecular complexity index is 750. The summed E-state index contributed by atoms with van der Waals surface area (Å²) < 4.78 is 12.0. The highest BCUT2D eigenvalue weighted by Gasteiger charge is 2.14. The maximum Gasteiger partial charge on any atom is 0.213 e. The van der Waals surface area contributed by atoms with E-state index in [0.29, 0.717) is 18.4 Å². The molecule has 0 spiro atoms. The predicted octanol–water partition coefficient (Wildman–Crippen LogP) is 7.16.